The zero-order valence-corrected chi connectivity index (χ0v) is 8.97. The van der Waals surface area contributed by atoms with Gasteiger partial charge in [0.1, 0.15) is 4.88 Å². The fourth-order valence-corrected chi connectivity index (χ4v) is 1.99. The molecule has 5 nitrogen and oxygen atoms in total. The molecule has 0 amide bonds. The first-order valence-electron chi connectivity index (χ1n) is 4.33. The van der Waals surface area contributed by atoms with Crippen LogP contribution in [0.3, 0.4) is 0 Å². The van der Waals surface area contributed by atoms with Crippen LogP contribution in [0.4, 0.5) is 0 Å². The average Bonchev–Trinajstić information content (AvgIpc) is 2.61. The Morgan fingerprint density at radius 3 is 2.67 bits per heavy atom. The standard InChI is InChI=1S/C9H11NO4S/c1-2-14-9(13)6-3-5(8(11)12)7(4-10)15-6/h3H,2,4,10H2,1H3,(H,11,12). The number of esters is 1. The summed E-state index contributed by atoms with van der Waals surface area (Å²) in [5.74, 6) is -1.59. The second-order valence-electron chi connectivity index (χ2n) is 2.68. The van der Waals surface area contributed by atoms with E-state index in [9.17, 15) is 9.59 Å². The summed E-state index contributed by atoms with van der Waals surface area (Å²) in [6, 6.07) is 1.30. The molecule has 0 aliphatic carbocycles. The van der Waals surface area contributed by atoms with Crippen LogP contribution in [0.15, 0.2) is 6.07 Å². The van der Waals surface area contributed by atoms with E-state index in [0.29, 0.717) is 4.88 Å². The molecule has 0 saturated heterocycles. The highest BCUT2D eigenvalue weighted by molar-refractivity contribution is 7.14. The summed E-state index contributed by atoms with van der Waals surface area (Å²) in [5, 5.41) is 8.82. The third-order valence-electron chi connectivity index (χ3n) is 1.70. The zero-order valence-electron chi connectivity index (χ0n) is 8.15. The Hall–Kier alpha value is -1.40. The fraction of sp³-hybridized carbons (Fsp3) is 0.333. The molecular formula is C9H11NO4S. The van der Waals surface area contributed by atoms with Gasteiger partial charge in [0.25, 0.3) is 0 Å². The van der Waals surface area contributed by atoms with Gasteiger partial charge in [-0.1, -0.05) is 0 Å². The minimum Gasteiger partial charge on any atom is -0.478 e. The van der Waals surface area contributed by atoms with Gasteiger partial charge in [-0.3, -0.25) is 0 Å². The number of aromatic carboxylic acids is 1. The molecule has 0 atom stereocenters. The zero-order chi connectivity index (χ0) is 11.4. The maximum atomic E-state index is 11.3. The molecular weight excluding hydrogens is 218 g/mol. The van der Waals surface area contributed by atoms with Crippen LogP contribution >= 0.6 is 11.3 Å². The quantitative estimate of drug-likeness (QED) is 0.754. The average molecular weight is 229 g/mol. The Kier molecular flexibility index (Phi) is 3.81. The summed E-state index contributed by atoms with van der Waals surface area (Å²) in [6.45, 7) is 2.05. The summed E-state index contributed by atoms with van der Waals surface area (Å²) >= 11 is 1.06. The molecule has 6 heteroatoms. The van der Waals surface area contributed by atoms with Crippen molar-refractivity contribution in [2.45, 2.75) is 13.5 Å². The Balaban J connectivity index is 3.02. The summed E-state index contributed by atoms with van der Waals surface area (Å²) in [7, 11) is 0. The van der Waals surface area contributed by atoms with E-state index in [4.69, 9.17) is 15.6 Å². The predicted octanol–water partition coefficient (Wildman–Crippen LogP) is 1.08. The van der Waals surface area contributed by atoms with Crippen molar-refractivity contribution in [2.75, 3.05) is 6.61 Å². The lowest BCUT2D eigenvalue weighted by Crippen LogP contribution is -2.03. The number of carboxylic acids is 1. The smallest absolute Gasteiger partial charge is 0.348 e. The first-order chi connectivity index (χ1) is 7.10. The summed E-state index contributed by atoms with van der Waals surface area (Å²) in [6.07, 6.45) is 0. The van der Waals surface area contributed by atoms with E-state index in [-0.39, 0.29) is 23.6 Å². The number of carbonyl (C=O) groups is 2. The molecule has 0 bridgehead atoms. The van der Waals surface area contributed by atoms with Crippen LogP contribution in [0.25, 0.3) is 0 Å². The molecule has 1 aromatic rings. The second-order valence-corrected chi connectivity index (χ2v) is 3.81. The van der Waals surface area contributed by atoms with Gasteiger partial charge in [-0.15, -0.1) is 11.3 Å². The normalized spacial score (nSPS) is 10.0. The van der Waals surface area contributed by atoms with E-state index in [1.54, 1.807) is 6.92 Å². The Morgan fingerprint density at radius 2 is 2.27 bits per heavy atom. The highest BCUT2D eigenvalue weighted by Crippen LogP contribution is 2.22. The van der Waals surface area contributed by atoms with Crippen molar-refractivity contribution in [1.29, 1.82) is 0 Å². The highest BCUT2D eigenvalue weighted by atomic mass is 32.1. The second kappa shape index (κ2) is 4.90. The van der Waals surface area contributed by atoms with Gasteiger partial charge in [-0.2, -0.15) is 0 Å². The Bertz CT molecular complexity index is 385. The molecule has 1 aromatic heterocycles. The van der Waals surface area contributed by atoms with Crippen LogP contribution in [0, 0.1) is 0 Å². The lowest BCUT2D eigenvalue weighted by Gasteiger charge is -1.96. The van der Waals surface area contributed by atoms with Gasteiger partial charge < -0.3 is 15.6 Å². The molecule has 0 aromatic carbocycles. The fourth-order valence-electron chi connectivity index (χ4n) is 1.06. The van der Waals surface area contributed by atoms with E-state index in [1.807, 2.05) is 0 Å². The Morgan fingerprint density at radius 1 is 1.60 bits per heavy atom. The van der Waals surface area contributed by atoms with Crippen molar-refractivity contribution < 1.29 is 19.4 Å². The molecule has 1 rings (SSSR count). The minimum atomic E-state index is -1.08. The van der Waals surface area contributed by atoms with Gasteiger partial charge in [0.15, 0.2) is 0 Å². The van der Waals surface area contributed by atoms with Gasteiger partial charge in [0, 0.05) is 11.4 Å². The third kappa shape index (κ3) is 2.54. The highest BCUT2D eigenvalue weighted by Gasteiger charge is 2.18. The van der Waals surface area contributed by atoms with Crippen LogP contribution in [0.5, 0.6) is 0 Å². The number of hydrogen-bond donors (Lipinski definition) is 2. The molecule has 0 radical (unpaired) electrons. The minimum absolute atomic E-state index is 0.0746. The van der Waals surface area contributed by atoms with Crippen molar-refractivity contribution in [2.24, 2.45) is 5.73 Å². The van der Waals surface area contributed by atoms with Gasteiger partial charge in [-0.05, 0) is 13.0 Å². The van der Waals surface area contributed by atoms with Crippen molar-refractivity contribution in [3.8, 4) is 0 Å². The number of thiophene rings is 1. The number of hydrogen-bond acceptors (Lipinski definition) is 5. The molecule has 0 fully saturated rings. The number of rotatable bonds is 4. The molecule has 0 spiro atoms. The lowest BCUT2D eigenvalue weighted by atomic mass is 10.2. The van der Waals surface area contributed by atoms with E-state index < -0.39 is 11.9 Å². The predicted molar refractivity (Wildman–Crippen MR) is 55.1 cm³/mol. The molecule has 0 unspecified atom stereocenters. The molecule has 0 aliphatic heterocycles. The van der Waals surface area contributed by atoms with E-state index in [2.05, 4.69) is 0 Å². The maximum Gasteiger partial charge on any atom is 0.348 e. The maximum absolute atomic E-state index is 11.3. The molecule has 15 heavy (non-hydrogen) atoms. The first-order valence-corrected chi connectivity index (χ1v) is 5.15. The van der Waals surface area contributed by atoms with Crippen molar-refractivity contribution in [3.63, 3.8) is 0 Å². The largest absolute Gasteiger partial charge is 0.478 e. The summed E-state index contributed by atoms with van der Waals surface area (Å²) < 4.78 is 4.76. The van der Waals surface area contributed by atoms with E-state index in [1.165, 1.54) is 6.07 Å². The molecule has 3 N–H and O–H groups in total. The molecule has 82 valence electrons. The van der Waals surface area contributed by atoms with E-state index in [0.717, 1.165) is 11.3 Å². The van der Waals surface area contributed by atoms with Crippen LogP contribution in [0.1, 0.15) is 31.8 Å². The lowest BCUT2D eigenvalue weighted by molar-refractivity contribution is 0.0532. The van der Waals surface area contributed by atoms with E-state index >= 15 is 0 Å². The van der Waals surface area contributed by atoms with Crippen LogP contribution in [-0.2, 0) is 11.3 Å². The Labute approximate surface area is 90.5 Å². The first kappa shape index (κ1) is 11.7. The van der Waals surface area contributed by atoms with Gasteiger partial charge in [0.2, 0.25) is 0 Å². The summed E-state index contributed by atoms with van der Waals surface area (Å²) in [5.41, 5.74) is 5.45. The van der Waals surface area contributed by atoms with Gasteiger partial charge in [-0.25, -0.2) is 9.59 Å². The molecule has 0 saturated carbocycles. The monoisotopic (exact) mass is 229 g/mol. The molecule has 1 heterocycles. The van der Waals surface area contributed by atoms with Crippen molar-refractivity contribution in [1.82, 2.24) is 0 Å². The third-order valence-corrected chi connectivity index (χ3v) is 2.84. The number of nitrogens with two attached hydrogens (primary N) is 1. The van der Waals surface area contributed by atoms with Crippen LogP contribution in [0.2, 0.25) is 0 Å². The van der Waals surface area contributed by atoms with Crippen molar-refractivity contribution >= 4 is 23.3 Å². The topological polar surface area (TPSA) is 89.6 Å². The number of carboxylic acid groups (broad SMARTS) is 1. The van der Waals surface area contributed by atoms with Gasteiger partial charge >= 0.3 is 11.9 Å². The van der Waals surface area contributed by atoms with Crippen LogP contribution < -0.4 is 5.73 Å². The molecule has 0 aliphatic rings. The number of carbonyl (C=O) groups excluding carboxylic acids is 1. The van der Waals surface area contributed by atoms with Gasteiger partial charge in [0.05, 0.1) is 12.2 Å². The SMILES string of the molecule is CCOC(=O)c1cc(C(=O)O)c(CN)s1. The summed E-state index contributed by atoms with van der Waals surface area (Å²) in [4.78, 5) is 22.8. The number of ether oxygens (including phenoxy) is 1. The van der Waals surface area contributed by atoms with Crippen molar-refractivity contribution in [3.05, 3.63) is 21.4 Å². The van der Waals surface area contributed by atoms with Crippen LogP contribution in [-0.4, -0.2) is 23.7 Å².